The summed E-state index contributed by atoms with van der Waals surface area (Å²) in [6.45, 7) is 0.804. The highest BCUT2D eigenvalue weighted by atomic mass is 19.1. The molecule has 0 aromatic carbocycles. The van der Waals surface area contributed by atoms with Gasteiger partial charge in [0.1, 0.15) is 11.6 Å². The van der Waals surface area contributed by atoms with Crippen LogP contribution >= 0.6 is 0 Å². The lowest BCUT2D eigenvalue weighted by Crippen LogP contribution is -2.24. The van der Waals surface area contributed by atoms with Gasteiger partial charge in [-0.15, -0.1) is 0 Å². The number of carboxylic acid groups (broad SMARTS) is 1. The van der Waals surface area contributed by atoms with E-state index in [9.17, 15) is 9.18 Å². The highest BCUT2D eigenvalue weighted by Crippen LogP contribution is 2.35. The van der Waals surface area contributed by atoms with Crippen LogP contribution in [0.5, 0.6) is 0 Å². The van der Waals surface area contributed by atoms with Crippen LogP contribution in [0, 0.1) is 5.82 Å². The summed E-state index contributed by atoms with van der Waals surface area (Å²) in [5.74, 6) is -0.636. The minimum Gasteiger partial charge on any atom is -0.478 e. The normalized spacial score (nSPS) is 17.4. The van der Waals surface area contributed by atoms with Crippen LogP contribution in [-0.4, -0.2) is 37.2 Å². The SMILES string of the molecule is O=C(O)C=Cc1cnn2ccc(N3CCCC3c3cncc(F)c3)nc12. The number of aliphatic carboxylic acids is 1. The molecule has 3 aromatic rings. The van der Waals surface area contributed by atoms with Gasteiger partial charge in [0, 0.05) is 30.6 Å². The Morgan fingerprint density at radius 3 is 3.04 bits per heavy atom. The second-order valence-electron chi connectivity index (χ2n) is 6.11. The largest absolute Gasteiger partial charge is 0.478 e. The van der Waals surface area contributed by atoms with Crippen molar-refractivity contribution in [2.45, 2.75) is 18.9 Å². The summed E-state index contributed by atoms with van der Waals surface area (Å²) in [7, 11) is 0. The first-order chi connectivity index (χ1) is 12.6. The van der Waals surface area contributed by atoms with Gasteiger partial charge in [-0.2, -0.15) is 5.10 Å². The van der Waals surface area contributed by atoms with Crippen molar-refractivity contribution in [3.63, 3.8) is 0 Å². The molecule has 0 bridgehead atoms. The Bertz CT molecular complexity index is 1000. The first-order valence-corrected chi connectivity index (χ1v) is 8.24. The number of hydrogen-bond acceptors (Lipinski definition) is 5. The van der Waals surface area contributed by atoms with Crippen molar-refractivity contribution in [3.05, 3.63) is 59.9 Å². The zero-order valence-electron chi connectivity index (χ0n) is 13.8. The average molecular weight is 353 g/mol. The van der Waals surface area contributed by atoms with E-state index in [-0.39, 0.29) is 11.9 Å². The summed E-state index contributed by atoms with van der Waals surface area (Å²) >= 11 is 0. The molecule has 0 spiro atoms. The van der Waals surface area contributed by atoms with Crippen LogP contribution in [0.2, 0.25) is 0 Å². The predicted molar refractivity (Wildman–Crippen MR) is 93.2 cm³/mol. The molecule has 1 aliphatic rings. The molecule has 4 rings (SSSR count). The summed E-state index contributed by atoms with van der Waals surface area (Å²) in [5.41, 5.74) is 2.02. The average Bonchev–Trinajstić information content (AvgIpc) is 3.26. The Balaban J connectivity index is 1.71. The number of halogens is 1. The van der Waals surface area contributed by atoms with Crippen LogP contribution in [0.25, 0.3) is 11.7 Å². The van der Waals surface area contributed by atoms with E-state index < -0.39 is 5.97 Å². The van der Waals surface area contributed by atoms with Gasteiger partial charge in [0.15, 0.2) is 5.65 Å². The highest BCUT2D eigenvalue weighted by molar-refractivity contribution is 5.86. The summed E-state index contributed by atoms with van der Waals surface area (Å²) in [4.78, 5) is 21.5. The third-order valence-corrected chi connectivity index (χ3v) is 4.45. The van der Waals surface area contributed by atoms with Gasteiger partial charge in [-0.25, -0.2) is 18.7 Å². The Morgan fingerprint density at radius 2 is 2.23 bits per heavy atom. The predicted octanol–water partition coefficient (Wildman–Crippen LogP) is 2.70. The Kier molecular flexibility index (Phi) is 4.08. The van der Waals surface area contributed by atoms with Gasteiger partial charge in [-0.05, 0) is 36.6 Å². The molecule has 0 radical (unpaired) electrons. The van der Waals surface area contributed by atoms with Crippen molar-refractivity contribution in [1.29, 1.82) is 0 Å². The van der Waals surface area contributed by atoms with Crippen LogP contribution in [-0.2, 0) is 4.79 Å². The van der Waals surface area contributed by atoms with Gasteiger partial charge in [-0.1, -0.05) is 0 Å². The summed E-state index contributed by atoms with van der Waals surface area (Å²) in [6.07, 6.45) is 10.6. The van der Waals surface area contributed by atoms with Gasteiger partial charge in [0.2, 0.25) is 0 Å². The quantitative estimate of drug-likeness (QED) is 0.726. The Hall–Kier alpha value is -3.29. The van der Waals surface area contributed by atoms with Crippen molar-refractivity contribution < 1.29 is 14.3 Å². The van der Waals surface area contributed by atoms with E-state index in [4.69, 9.17) is 5.11 Å². The van der Waals surface area contributed by atoms with E-state index in [0.29, 0.717) is 11.2 Å². The van der Waals surface area contributed by atoms with Gasteiger partial charge in [0.25, 0.3) is 0 Å². The second-order valence-corrected chi connectivity index (χ2v) is 6.11. The summed E-state index contributed by atoms with van der Waals surface area (Å²) in [6, 6.07) is 3.37. The molecule has 132 valence electrons. The molecular weight excluding hydrogens is 337 g/mol. The van der Waals surface area contributed by atoms with Crippen LogP contribution < -0.4 is 4.90 Å². The van der Waals surface area contributed by atoms with Crippen molar-refractivity contribution in [2.24, 2.45) is 0 Å². The molecule has 1 aliphatic heterocycles. The number of pyridine rings is 1. The first-order valence-electron chi connectivity index (χ1n) is 8.24. The van der Waals surface area contributed by atoms with E-state index in [1.807, 2.05) is 6.07 Å². The second kappa shape index (κ2) is 6.55. The van der Waals surface area contributed by atoms with E-state index in [2.05, 4.69) is 20.0 Å². The standard InChI is InChI=1S/C18H16FN5O2/c19-14-8-13(9-20-11-14)15-2-1-6-23(15)16-5-7-24-18(22-16)12(10-21-24)3-4-17(25)26/h3-5,7-11,15H,1-2,6H2,(H,25,26). The van der Waals surface area contributed by atoms with E-state index in [1.165, 1.54) is 18.3 Å². The maximum absolute atomic E-state index is 13.6. The van der Waals surface area contributed by atoms with Crippen LogP contribution in [0.1, 0.15) is 30.0 Å². The summed E-state index contributed by atoms with van der Waals surface area (Å²) in [5, 5.41) is 13.0. The van der Waals surface area contributed by atoms with Gasteiger partial charge in [0.05, 0.1) is 18.4 Å². The number of carbonyl (C=O) groups is 1. The summed E-state index contributed by atoms with van der Waals surface area (Å²) < 4.78 is 15.2. The molecule has 1 N–H and O–H groups in total. The molecule has 1 unspecified atom stereocenters. The molecule has 1 atom stereocenters. The third-order valence-electron chi connectivity index (χ3n) is 4.45. The maximum Gasteiger partial charge on any atom is 0.328 e. The van der Waals surface area contributed by atoms with Crippen LogP contribution in [0.3, 0.4) is 0 Å². The van der Waals surface area contributed by atoms with Gasteiger partial charge < -0.3 is 10.0 Å². The van der Waals surface area contributed by atoms with Crippen molar-refractivity contribution in [3.8, 4) is 0 Å². The number of anilines is 1. The smallest absolute Gasteiger partial charge is 0.328 e. The molecule has 26 heavy (non-hydrogen) atoms. The van der Waals surface area contributed by atoms with Crippen LogP contribution in [0.4, 0.5) is 10.2 Å². The third kappa shape index (κ3) is 3.01. The number of carboxylic acids is 1. The maximum atomic E-state index is 13.6. The molecule has 7 nitrogen and oxygen atoms in total. The van der Waals surface area contributed by atoms with Crippen molar-refractivity contribution >= 4 is 23.5 Å². The monoisotopic (exact) mass is 353 g/mol. The topological polar surface area (TPSA) is 83.6 Å². The Morgan fingerprint density at radius 1 is 1.35 bits per heavy atom. The minimum absolute atomic E-state index is 0.00841. The van der Waals surface area contributed by atoms with Gasteiger partial charge in [-0.3, -0.25) is 4.98 Å². The highest BCUT2D eigenvalue weighted by Gasteiger charge is 2.28. The molecule has 1 saturated heterocycles. The number of fused-ring (bicyclic) bond motifs is 1. The van der Waals surface area contributed by atoms with Crippen LogP contribution in [0.15, 0.2) is 43.0 Å². The van der Waals surface area contributed by atoms with E-state index in [0.717, 1.165) is 36.8 Å². The zero-order chi connectivity index (χ0) is 18.1. The van der Waals surface area contributed by atoms with E-state index in [1.54, 1.807) is 23.1 Å². The Labute approximate surface area is 148 Å². The molecule has 8 heteroatoms. The fourth-order valence-corrected chi connectivity index (χ4v) is 3.31. The molecule has 1 fully saturated rings. The van der Waals surface area contributed by atoms with Crippen molar-refractivity contribution in [2.75, 3.05) is 11.4 Å². The van der Waals surface area contributed by atoms with Crippen molar-refractivity contribution in [1.82, 2.24) is 19.6 Å². The fourth-order valence-electron chi connectivity index (χ4n) is 3.31. The number of nitrogens with zero attached hydrogens (tertiary/aromatic N) is 5. The fraction of sp³-hybridized carbons (Fsp3) is 0.222. The zero-order valence-corrected chi connectivity index (χ0v) is 13.8. The van der Waals surface area contributed by atoms with Gasteiger partial charge >= 0.3 is 5.97 Å². The minimum atomic E-state index is -1.03. The first kappa shape index (κ1) is 16.2. The molecule has 0 amide bonds. The lowest BCUT2D eigenvalue weighted by Gasteiger charge is -2.26. The molecule has 0 aliphatic carbocycles. The van der Waals surface area contributed by atoms with E-state index >= 15 is 0 Å². The molecule has 3 aromatic heterocycles. The lowest BCUT2D eigenvalue weighted by atomic mass is 10.1. The number of hydrogen-bond donors (Lipinski definition) is 1. The molecular formula is C18H16FN5O2. The molecule has 4 heterocycles. The lowest BCUT2D eigenvalue weighted by molar-refractivity contribution is -0.131. The number of aromatic nitrogens is 4. The molecule has 0 saturated carbocycles. The number of rotatable bonds is 4.